The minimum atomic E-state index is -1.46. The summed E-state index contributed by atoms with van der Waals surface area (Å²) in [5, 5.41) is 0. The van der Waals surface area contributed by atoms with Gasteiger partial charge in [0.05, 0.1) is 13.4 Å². The van der Waals surface area contributed by atoms with E-state index in [1.807, 2.05) is 0 Å². The van der Waals surface area contributed by atoms with Gasteiger partial charge in [-0.05, 0) is 29.7 Å². The predicted molar refractivity (Wildman–Crippen MR) is 80.2 cm³/mol. The van der Waals surface area contributed by atoms with Crippen LogP contribution in [0.3, 0.4) is 0 Å². The zero-order valence-electron chi connectivity index (χ0n) is 13.2. The highest BCUT2D eigenvalue weighted by Crippen LogP contribution is 2.40. The van der Waals surface area contributed by atoms with Crippen LogP contribution >= 0.6 is 0 Å². The number of hydrogen-bond donors (Lipinski definition) is 0. The smallest absolute Gasteiger partial charge is 0.316 e. The van der Waals surface area contributed by atoms with E-state index in [4.69, 9.17) is 4.42 Å². The van der Waals surface area contributed by atoms with Crippen molar-refractivity contribution >= 4 is 29.4 Å². The fraction of sp³-hybridized carbons (Fsp3) is 0.412. The molecule has 1 aromatic heterocycles. The second kappa shape index (κ2) is 6.32. The van der Waals surface area contributed by atoms with Crippen LogP contribution in [-0.4, -0.2) is 30.4 Å². The Kier molecular flexibility index (Phi) is 4.63. The second-order valence-electron chi connectivity index (χ2n) is 6.17. The molecule has 0 saturated heterocycles. The van der Waals surface area contributed by atoms with E-state index < -0.39 is 40.6 Å². The molecule has 1 heterocycles. The number of allylic oxidation sites excluding steroid dienone is 1. The molecule has 1 aromatic rings. The predicted octanol–water partition coefficient (Wildman–Crippen LogP) is 1.84. The Bertz CT molecular complexity index is 665. The second-order valence-corrected chi connectivity index (χ2v) is 6.17. The monoisotopic (exact) mass is 318 g/mol. The lowest BCUT2D eigenvalue weighted by molar-refractivity contribution is -0.161. The number of carbonyl (C=O) groups is 4. The number of methoxy groups -OCH3 is 1. The number of hydrogen-bond acceptors (Lipinski definition) is 6. The quantitative estimate of drug-likeness (QED) is 0.478. The van der Waals surface area contributed by atoms with E-state index in [9.17, 15) is 19.2 Å². The minimum Gasteiger partial charge on any atom is -0.468 e. The van der Waals surface area contributed by atoms with E-state index in [1.54, 1.807) is 26.0 Å². The number of Topliss-reactive ketones (excluding diaryl/α,β-unsaturated/α-hetero) is 2. The summed E-state index contributed by atoms with van der Waals surface area (Å²) in [5.41, 5.74) is -0.872. The van der Waals surface area contributed by atoms with Crippen molar-refractivity contribution in [2.75, 3.05) is 7.11 Å². The first-order valence-electron chi connectivity index (χ1n) is 7.17. The summed E-state index contributed by atoms with van der Waals surface area (Å²) >= 11 is 0. The zero-order chi connectivity index (χ0) is 17.2. The third-order valence-electron chi connectivity index (χ3n) is 3.98. The molecule has 1 aliphatic carbocycles. The lowest BCUT2D eigenvalue weighted by Crippen LogP contribution is -2.51. The maximum Gasteiger partial charge on any atom is 0.316 e. The Morgan fingerprint density at radius 1 is 1.35 bits per heavy atom. The molecule has 0 aromatic carbocycles. The first kappa shape index (κ1) is 16.9. The Labute approximate surface area is 133 Å². The van der Waals surface area contributed by atoms with Gasteiger partial charge >= 0.3 is 5.97 Å². The lowest BCUT2D eigenvalue weighted by atomic mass is 9.63. The van der Waals surface area contributed by atoms with E-state index in [2.05, 4.69) is 4.74 Å². The summed E-state index contributed by atoms with van der Waals surface area (Å²) in [6.45, 7) is 3.29. The molecule has 0 amide bonds. The molecule has 122 valence electrons. The molecule has 1 saturated carbocycles. The number of rotatable bonds is 4. The molecular weight excluding hydrogens is 300 g/mol. The molecule has 0 unspecified atom stereocenters. The fourth-order valence-electron chi connectivity index (χ4n) is 2.86. The molecule has 0 spiro atoms. The van der Waals surface area contributed by atoms with Gasteiger partial charge in [-0.1, -0.05) is 13.8 Å². The Hall–Kier alpha value is -2.50. The summed E-state index contributed by atoms with van der Waals surface area (Å²) in [5.74, 6) is -4.71. The van der Waals surface area contributed by atoms with Crippen LogP contribution in [-0.2, 0) is 23.9 Å². The van der Waals surface area contributed by atoms with Crippen molar-refractivity contribution in [1.82, 2.24) is 0 Å². The summed E-state index contributed by atoms with van der Waals surface area (Å²) in [6.07, 6.45) is 3.92. The van der Waals surface area contributed by atoms with E-state index in [0.717, 1.165) is 6.08 Å². The van der Waals surface area contributed by atoms with Gasteiger partial charge in [-0.2, -0.15) is 0 Å². The number of carbonyl (C=O) groups excluding carboxylic acids is 4. The minimum absolute atomic E-state index is 0.0382. The van der Waals surface area contributed by atoms with Crippen molar-refractivity contribution in [2.24, 2.45) is 17.3 Å². The van der Waals surface area contributed by atoms with Crippen LogP contribution < -0.4 is 0 Å². The van der Waals surface area contributed by atoms with Gasteiger partial charge in [0.25, 0.3) is 0 Å². The molecule has 2 atom stereocenters. The molecular formula is C17H18O6. The van der Waals surface area contributed by atoms with Gasteiger partial charge < -0.3 is 9.15 Å². The van der Waals surface area contributed by atoms with E-state index >= 15 is 0 Å². The average Bonchev–Trinajstić information content (AvgIpc) is 2.96. The topological polar surface area (TPSA) is 90.7 Å². The number of ether oxygens (including phenoxy) is 1. The largest absolute Gasteiger partial charge is 0.468 e. The van der Waals surface area contributed by atoms with Crippen LogP contribution in [0.5, 0.6) is 0 Å². The highest BCUT2D eigenvalue weighted by atomic mass is 16.5. The standard InChI is InChI=1S/C17H18O6/c1-17(2)9-12(19)13(15(20)14(17)16(21)22-3)11(18)7-6-10-5-4-8-23-10/h4-8,13-14H,9H2,1-3H3/b7-6+/t13-,14-/m1/s1. The van der Waals surface area contributed by atoms with Gasteiger partial charge in [0, 0.05) is 6.42 Å². The van der Waals surface area contributed by atoms with Gasteiger partial charge in [0.15, 0.2) is 17.3 Å². The average molecular weight is 318 g/mol. The third kappa shape index (κ3) is 3.31. The van der Waals surface area contributed by atoms with Crippen molar-refractivity contribution in [3.05, 3.63) is 30.2 Å². The molecule has 0 N–H and O–H groups in total. The van der Waals surface area contributed by atoms with Crippen LogP contribution in [0.25, 0.3) is 6.08 Å². The molecule has 1 aliphatic rings. The third-order valence-corrected chi connectivity index (χ3v) is 3.98. The van der Waals surface area contributed by atoms with Crippen molar-refractivity contribution in [2.45, 2.75) is 20.3 Å². The molecule has 2 rings (SSSR count). The summed E-state index contributed by atoms with van der Waals surface area (Å²) in [4.78, 5) is 49.0. The molecule has 6 nitrogen and oxygen atoms in total. The van der Waals surface area contributed by atoms with Gasteiger partial charge in [-0.15, -0.1) is 0 Å². The fourth-order valence-corrected chi connectivity index (χ4v) is 2.86. The van der Waals surface area contributed by atoms with Gasteiger partial charge in [0.2, 0.25) is 0 Å². The van der Waals surface area contributed by atoms with E-state index in [-0.39, 0.29) is 6.42 Å². The number of esters is 1. The molecule has 23 heavy (non-hydrogen) atoms. The van der Waals surface area contributed by atoms with Gasteiger partial charge in [-0.3, -0.25) is 19.2 Å². The SMILES string of the molecule is COC(=O)[C@H]1C(=O)[C@H](C(=O)/C=C/c2ccco2)C(=O)CC1(C)C. The van der Waals surface area contributed by atoms with Crippen molar-refractivity contribution < 1.29 is 28.3 Å². The first-order chi connectivity index (χ1) is 10.8. The summed E-state index contributed by atoms with van der Waals surface area (Å²) < 4.78 is 9.71. The van der Waals surface area contributed by atoms with Crippen LogP contribution in [0.1, 0.15) is 26.0 Å². The van der Waals surface area contributed by atoms with Crippen LogP contribution in [0.15, 0.2) is 28.9 Å². The highest BCUT2D eigenvalue weighted by Gasteiger charge is 2.53. The van der Waals surface area contributed by atoms with Crippen molar-refractivity contribution in [1.29, 1.82) is 0 Å². The number of furan rings is 1. The normalized spacial score (nSPS) is 24.0. The molecule has 6 heteroatoms. The lowest BCUT2D eigenvalue weighted by Gasteiger charge is -2.37. The molecule has 1 fully saturated rings. The van der Waals surface area contributed by atoms with Crippen LogP contribution in [0.2, 0.25) is 0 Å². The Morgan fingerprint density at radius 2 is 2.04 bits per heavy atom. The molecule has 0 bridgehead atoms. The van der Waals surface area contributed by atoms with Crippen molar-refractivity contribution in [3.63, 3.8) is 0 Å². The Morgan fingerprint density at radius 3 is 2.61 bits per heavy atom. The van der Waals surface area contributed by atoms with E-state index in [0.29, 0.717) is 5.76 Å². The molecule has 0 radical (unpaired) electrons. The maximum atomic E-state index is 12.6. The zero-order valence-corrected chi connectivity index (χ0v) is 13.2. The number of ketones is 3. The highest BCUT2D eigenvalue weighted by molar-refractivity contribution is 6.27. The van der Waals surface area contributed by atoms with E-state index in [1.165, 1.54) is 19.4 Å². The summed E-state index contributed by atoms with van der Waals surface area (Å²) in [6, 6.07) is 3.28. The van der Waals surface area contributed by atoms with Crippen LogP contribution in [0, 0.1) is 17.3 Å². The van der Waals surface area contributed by atoms with Gasteiger partial charge in [0.1, 0.15) is 17.6 Å². The summed E-state index contributed by atoms with van der Waals surface area (Å²) in [7, 11) is 1.18. The Balaban J connectivity index is 2.27. The van der Waals surface area contributed by atoms with Crippen molar-refractivity contribution in [3.8, 4) is 0 Å². The first-order valence-corrected chi connectivity index (χ1v) is 7.17. The molecule has 0 aliphatic heterocycles. The van der Waals surface area contributed by atoms with Gasteiger partial charge in [-0.25, -0.2) is 0 Å². The van der Waals surface area contributed by atoms with Crippen LogP contribution in [0.4, 0.5) is 0 Å². The maximum absolute atomic E-state index is 12.6.